The Kier molecular flexibility index (Phi) is 13.1. The van der Waals surface area contributed by atoms with E-state index in [2.05, 4.69) is 60.2 Å². The predicted molar refractivity (Wildman–Crippen MR) is 117 cm³/mol. The van der Waals surface area contributed by atoms with Crippen LogP contribution in [-0.4, -0.2) is 74.7 Å². The summed E-state index contributed by atoms with van der Waals surface area (Å²) in [7, 11) is 4.06. The molecule has 0 aromatic heterocycles. The Hall–Kier alpha value is -0.0800. The molecule has 0 aromatic carbocycles. The highest BCUT2D eigenvalue weighted by Crippen LogP contribution is 2.08. The highest BCUT2D eigenvalue weighted by Gasteiger charge is 2.19. The van der Waals surface area contributed by atoms with E-state index in [1.807, 2.05) is 7.05 Å². The van der Waals surface area contributed by atoms with E-state index in [9.17, 15) is 0 Å². The van der Waals surface area contributed by atoms with Crippen LogP contribution in [0.3, 0.4) is 0 Å². The number of hydrogen-bond donors (Lipinski definition) is 2. The van der Waals surface area contributed by atoms with Crippen molar-refractivity contribution in [3.63, 3.8) is 0 Å². The Labute approximate surface area is 167 Å². The molecule has 2 N–H and O–H groups in total. The van der Waals surface area contributed by atoms with Crippen molar-refractivity contribution in [3.05, 3.63) is 0 Å². The average molecular weight is 453 g/mol. The Bertz CT molecular complexity index is 340. The van der Waals surface area contributed by atoms with Gasteiger partial charge >= 0.3 is 0 Å². The SMILES string of the molecule is CN=C(NCC(C)N1CCN(C)CC1)NC(C)CCCC(C)C.I. The summed E-state index contributed by atoms with van der Waals surface area (Å²) in [4.78, 5) is 9.33. The number of rotatable bonds is 8. The number of likely N-dealkylation sites (N-methyl/N-ethyl adjacent to an activating group) is 1. The van der Waals surface area contributed by atoms with Crippen molar-refractivity contribution in [2.75, 3.05) is 46.8 Å². The Balaban J connectivity index is 0.00000529. The first-order chi connectivity index (χ1) is 10.9. The van der Waals surface area contributed by atoms with Gasteiger partial charge in [-0.3, -0.25) is 9.89 Å². The molecule has 0 saturated carbocycles. The summed E-state index contributed by atoms with van der Waals surface area (Å²) < 4.78 is 0. The van der Waals surface area contributed by atoms with Crippen molar-refractivity contribution in [2.24, 2.45) is 10.9 Å². The van der Waals surface area contributed by atoms with Crippen molar-refractivity contribution in [3.8, 4) is 0 Å². The van der Waals surface area contributed by atoms with Crippen molar-refractivity contribution in [1.29, 1.82) is 0 Å². The second-order valence-corrected chi connectivity index (χ2v) is 7.51. The first-order valence-electron chi connectivity index (χ1n) is 9.32. The largest absolute Gasteiger partial charge is 0.355 e. The second kappa shape index (κ2) is 13.2. The fourth-order valence-corrected chi connectivity index (χ4v) is 2.97. The topological polar surface area (TPSA) is 42.9 Å². The van der Waals surface area contributed by atoms with Gasteiger partial charge in [0.15, 0.2) is 5.96 Å². The van der Waals surface area contributed by atoms with Crippen LogP contribution in [0.5, 0.6) is 0 Å². The molecule has 1 heterocycles. The van der Waals surface area contributed by atoms with E-state index < -0.39 is 0 Å². The molecule has 1 saturated heterocycles. The first-order valence-corrected chi connectivity index (χ1v) is 9.32. The summed E-state index contributed by atoms with van der Waals surface area (Å²) in [6.07, 6.45) is 3.78. The summed E-state index contributed by atoms with van der Waals surface area (Å²) in [5.74, 6) is 1.73. The quantitative estimate of drug-likeness (QED) is 0.337. The van der Waals surface area contributed by atoms with Crippen LogP contribution in [0.25, 0.3) is 0 Å². The van der Waals surface area contributed by atoms with Gasteiger partial charge in [0.1, 0.15) is 0 Å². The van der Waals surface area contributed by atoms with Gasteiger partial charge in [-0.15, -0.1) is 24.0 Å². The van der Waals surface area contributed by atoms with Crippen LogP contribution in [0, 0.1) is 5.92 Å². The molecule has 2 atom stereocenters. The molecule has 0 aliphatic carbocycles. The van der Waals surface area contributed by atoms with Gasteiger partial charge in [-0.2, -0.15) is 0 Å². The molecular formula is C18H40IN5. The number of nitrogens with one attached hydrogen (secondary N) is 2. The molecule has 6 heteroatoms. The lowest BCUT2D eigenvalue weighted by molar-refractivity contribution is 0.120. The lowest BCUT2D eigenvalue weighted by atomic mass is 10.0. The maximum atomic E-state index is 4.37. The van der Waals surface area contributed by atoms with E-state index >= 15 is 0 Å². The molecule has 5 nitrogen and oxygen atoms in total. The monoisotopic (exact) mass is 453 g/mol. The Morgan fingerprint density at radius 1 is 1.04 bits per heavy atom. The lowest BCUT2D eigenvalue weighted by Crippen LogP contribution is -2.52. The smallest absolute Gasteiger partial charge is 0.191 e. The summed E-state index contributed by atoms with van der Waals surface area (Å²) >= 11 is 0. The van der Waals surface area contributed by atoms with Gasteiger partial charge in [0.2, 0.25) is 0 Å². The lowest BCUT2D eigenvalue weighted by Gasteiger charge is -2.36. The van der Waals surface area contributed by atoms with Crippen LogP contribution in [0.2, 0.25) is 0 Å². The third-order valence-electron chi connectivity index (χ3n) is 4.75. The first kappa shape index (κ1) is 23.9. The minimum Gasteiger partial charge on any atom is -0.355 e. The fraction of sp³-hybridized carbons (Fsp3) is 0.944. The molecule has 1 aliphatic heterocycles. The number of aliphatic imine (C=N–C) groups is 1. The van der Waals surface area contributed by atoms with Crippen LogP contribution >= 0.6 is 24.0 Å². The molecule has 2 unspecified atom stereocenters. The standard InChI is InChI=1S/C18H39N5.HI/c1-15(2)8-7-9-16(3)21-18(19-5)20-14-17(4)23-12-10-22(6)11-13-23;/h15-17H,7-14H2,1-6H3,(H2,19,20,21);1H. The van der Waals surface area contributed by atoms with Gasteiger partial charge in [-0.05, 0) is 33.2 Å². The molecule has 144 valence electrons. The van der Waals surface area contributed by atoms with E-state index in [-0.39, 0.29) is 24.0 Å². The van der Waals surface area contributed by atoms with Crippen LogP contribution in [0.1, 0.15) is 47.0 Å². The molecular weight excluding hydrogens is 413 g/mol. The van der Waals surface area contributed by atoms with Gasteiger partial charge in [0, 0.05) is 51.9 Å². The molecule has 0 radical (unpaired) electrons. The van der Waals surface area contributed by atoms with Crippen molar-refractivity contribution < 1.29 is 0 Å². The van der Waals surface area contributed by atoms with E-state index in [0.29, 0.717) is 12.1 Å². The van der Waals surface area contributed by atoms with Gasteiger partial charge in [0.05, 0.1) is 0 Å². The number of halogens is 1. The average Bonchev–Trinajstić information content (AvgIpc) is 2.51. The minimum atomic E-state index is 0. The molecule has 0 amide bonds. The van der Waals surface area contributed by atoms with Crippen molar-refractivity contribution >= 4 is 29.9 Å². The molecule has 0 aromatic rings. The summed E-state index contributed by atoms with van der Waals surface area (Å²) in [5, 5.41) is 7.01. The van der Waals surface area contributed by atoms with E-state index in [0.717, 1.165) is 31.5 Å². The van der Waals surface area contributed by atoms with Gasteiger partial charge in [-0.25, -0.2) is 0 Å². The molecule has 1 aliphatic rings. The van der Waals surface area contributed by atoms with Crippen LogP contribution in [0.15, 0.2) is 4.99 Å². The molecule has 1 rings (SSSR count). The van der Waals surface area contributed by atoms with Crippen LogP contribution in [0.4, 0.5) is 0 Å². The van der Waals surface area contributed by atoms with Crippen molar-refractivity contribution in [2.45, 2.75) is 59.0 Å². The number of hydrogen-bond acceptors (Lipinski definition) is 3. The van der Waals surface area contributed by atoms with Crippen molar-refractivity contribution in [1.82, 2.24) is 20.4 Å². The van der Waals surface area contributed by atoms with E-state index in [1.54, 1.807) is 0 Å². The van der Waals surface area contributed by atoms with E-state index in [4.69, 9.17) is 0 Å². The highest BCUT2D eigenvalue weighted by atomic mass is 127. The minimum absolute atomic E-state index is 0. The zero-order valence-corrected chi connectivity index (χ0v) is 19.0. The molecule has 0 spiro atoms. The van der Waals surface area contributed by atoms with Crippen LogP contribution < -0.4 is 10.6 Å². The third-order valence-corrected chi connectivity index (χ3v) is 4.75. The summed E-state index contributed by atoms with van der Waals surface area (Å²) in [5.41, 5.74) is 0. The molecule has 1 fully saturated rings. The maximum absolute atomic E-state index is 4.37. The van der Waals surface area contributed by atoms with Gasteiger partial charge < -0.3 is 15.5 Å². The second-order valence-electron chi connectivity index (χ2n) is 7.51. The number of nitrogens with zero attached hydrogens (tertiary/aromatic N) is 3. The van der Waals surface area contributed by atoms with Gasteiger partial charge in [-0.1, -0.05) is 26.7 Å². The predicted octanol–water partition coefficient (Wildman–Crippen LogP) is 2.62. The third kappa shape index (κ3) is 10.0. The number of piperazine rings is 1. The highest BCUT2D eigenvalue weighted by molar-refractivity contribution is 14.0. The zero-order valence-electron chi connectivity index (χ0n) is 16.6. The normalized spacial score (nSPS) is 19.7. The Morgan fingerprint density at radius 2 is 1.67 bits per heavy atom. The zero-order chi connectivity index (χ0) is 17.2. The summed E-state index contributed by atoms with van der Waals surface area (Å²) in [6.45, 7) is 14.7. The Morgan fingerprint density at radius 3 is 2.21 bits per heavy atom. The van der Waals surface area contributed by atoms with Gasteiger partial charge in [0.25, 0.3) is 0 Å². The van der Waals surface area contributed by atoms with E-state index in [1.165, 1.54) is 32.4 Å². The number of guanidine groups is 1. The fourth-order valence-electron chi connectivity index (χ4n) is 2.97. The summed E-state index contributed by atoms with van der Waals surface area (Å²) in [6, 6.07) is 1.01. The molecule has 0 bridgehead atoms. The maximum Gasteiger partial charge on any atom is 0.191 e. The molecule has 24 heavy (non-hydrogen) atoms. The van der Waals surface area contributed by atoms with Crippen LogP contribution in [-0.2, 0) is 0 Å².